The van der Waals surface area contributed by atoms with E-state index in [0.29, 0.717) is 6.04 Å². The van der Waals surface area contributed by atoms with Crippen LogP contribution in [0, 0.1) is 5.92 Å². The average molecular weight is 278 g/mol. The second-order valence-electron chi connectivity index (χ2n) is 6.45. The molecule has 0 aromatic carbocycles. The van der Waals surface area contributed by atoms with Crippen LogP contribution in [0.4, 0.5) is 5.82 Å². The van der Waals surface area contributed by atoms with Gasteiger partial charge in [-0.15, -0.1) is 0 Å². The molecule has 2 rings (SSSR count). The van der Waals surface area contributed by atoms with Gasteiger partial charge in [0.25, 0.3) is 0 Å². The normalized spacial score (nSPS) is 18.8. The van der Waals surface area contributed by atoms with Crippen molar-refractivity contribution in [1.82, 2.24) is 14.5 Å². The van der Waals surface area contributed by atoms with Gasteiger partial charge in [0.2, 0.25) is 0 Å². The molecule has 0 saturated carbocycles. The van der Waals surface area contributed by atoms with Crippen molar-refractivity contribution in [3.05, 3.63) is 12.5 Å². The zero-order valence-corrected chi connectivity index (χ0v) is 13.5. The summed E-state index contributed by atoms with van der Waals surface area (Å²) in [5.41, 5.74) is 0. The molecule has 1 saturated heterocycles. The standard InChI is InChI=1S/C16H30N4/c1-5-15(4)20-12-16(17-13-20)19-10-8-18(9-11-19)7-6-14(2)3/h12-15H,5-11H2,1-4H3. The number of hydrogen-bond acceptors (Lipinski definition) is 3. The Balaban J connectivity index is 1.83. The van der Waals surface area contributed by atoms with E-state index in [4.69, 9.17) is 0 Å². The maximum Gasteiger partial charge on any atom is 0.146 e. The van der Waals surface area contributed by atoms with Gasteiger partial charge in [0.05, 0.1) is 6.33 Å². The summed E-state index contributed by atoms with van der Waals surface area (Å²) in [6, 6.07) is 0.545. The van der Waals surface area contributed by atoms with Crippen molar-refractivity contribution in [2.24, 2.45) is 5.92 Å². The van der Waals surface area contributed by atoms with E-state index in [2.05, 4.69) is 53.2 Å². The molecule has 20 heavy (non-hydrogen) atoms. The number of rotatable bonds is 6. The Morgan fingerprint density at radius 2 is 1.85 bits per heavy atom. The van der Waals surface area contributed by atoms with E-state index in [1.807, 2.05) is 6.33 Å². The zero-order chi connectivity index (χ0) is 14.5. The highest BCUT2D eigenvalue weighted by molar-refractivity contribution is 5.36. The fourth-order valence-corrected chi connectivity index (χ4v) is 2.58. The lowest BCUT2D eigenvalue weighted by molar-refractivity contribution is 0.243. The van der Waals surface area contributed by atoms with Crippen LogP contribution in [0.3, 0.4) is 0 Å². The van der Waals surface area contributed by atoms with Gasteiger partial charge < -0.3 is 9.47 Å². The van der Waals surface area contributed by atoms with E-state index >= 15 is 0 Å². The topological polar surface area (TPSA) is 24.3 Å². The van der Waals surface area contributed by atoms with Gasteiger partial charge in [0, 0.05) is 38.4 Å². The Hall–Kier alpha value is -1.03. The monoisotopic (exact) mass is 278 g/mol. The van der Waals surface area contributed by atoms with Crippen LogP contribution >= 0.6 is 0 Å². The minimum atomic E-state index is 0.545. The maximum absolute atomic E-state index is 4.58. The van der Waals surface area contributed by atoms with Crippen LogP contribution in [-0.2, 0) is 0 Å². The number of nitrogens with zero attached hydrogens (tertiary/aromatic N) is 4. The molecule has 1 fully saturated rings. The Morgan fingerprint density at radius 1 is 1.15 bits per heavy atom. The summed E-state index contributed by atoms with van der Waals surface area (Å²) >= 11 is 0. The van der Waals surface area contributed by atoms with Gasteiger partial charge in [0.1, 0.15) is 5.82 Å². The molecule has 1 aliphatic rings. The molecule has 1 unspecified atom stereocenters. The molecular formula is C16H30N4. The van der Waals surface area contributed by atoms with Gasteiger partial charge in [-0.05, 0) is 32.2 Å². The fraction of sp³-hybridized carbons (Fsp3) is 0.812. The lowest BCUT2D eigenvalue weighted by atomic mass is 10.1. The number of anilines is 1. The molecule has 1 aliphatic heterocycles. The highest BCUT2D eigenvalue weighted by Crippen LogP contribution is 2.18. The number of aromatic nitrogens is 2. The second kappa shape index (κ2) is 7.11. The molecule has 4 nitrogen and oxygen atoms in total. The minimum absolute atomic E-state index is 0.545. The molecular weight excluding hydrogens is 248 g/mol. The summed E-state index contributed by atoms with van der Waals surface area (Å²) in [6.45, 7) is 14.9. The Bertz CT molecular complexity index is 391. The zero-order valence-electron chi connectivity index (χ0n) is 13.5. The van der Waals surface area contributed by atoms with E-state index in [-0.39, 0.29) is 0 Å². The second-order valence-corrected chi connectivity index (χ2v) is 6.45. The summed E-state index contributed by atoms with van der Waals surface area (Å²) in [6.07, 6.45) is 6.65. The largest absolute Gasteiger partial charge is 0.353 e. The quantitative estimate of drug-likeness (QED) is 0.799. The molecule has 1 atom stereocenters. The van der Waals surface area contributed by atoms with Gasteiger partial charge in [0.15, 0.2) is 0 Å². The highest BCUT2D eigenvalue weighted by Gasteiger charge is 2.19. The van der Waals surface area contributed by atoms with Crippen LogP contribution in [-0.4, -0.2) is 47.2 Å². The molecule has 0 amide bonds. The Kier molecular flexibility index (Phi) is 5.46. The summed E-state index contributed by atoms with van der Waals surface area (Å²) in [5, 5.41) is 0. The van der Waals surface area contributed by atoms with Crippen molar-refractivity contribution in [2.45, 2.75) is 46.6 Å². The maximum atomic E-state index is 4.58. The highest BCUT2D eigenvalue weighted by atomic mass is 15.3. The van der Waals surface area contributed by atoms with Crippen LogP contribution in [0.1, 0.15) is 46.6 Å². The fourth-order valence-electron chi connectivity index (χ4n) is 2.58. The molecule has 0 bridgehead atoms. The first-order valence-electron chi connectivity index (χ1n) is 8.11. The predicted molar refractivity (Wildman–Crippen MR) is 85.3 cm³/mol. The molecule has 0 N–H and O–H groups in total. The number of hydrogen-bond donors (Lipinski definition) is 0. The first-order chi connectivity index (χ1) is 9.60. The lowest BCUT2D eigenvalue weighted by Gasteiger charge is -2.35. The van der Waals surface area contributed by atoms with Gasteiger partial charge in [-0.3, -0.25) is 4.90 Å². The molecule has 1 aromatic heterocycles. The molecule has 4 heteroatoms. The molecule has 0 radical (unpaired) electrons. The summed E-state index contributed by atoms with van der Waals surface area (Å²) in [7, 11) is 0. The van der Waals surface area contributed by atoms with E-state index in [1.54, 1.807) is 0 Å². The van der Waals surface area contributed by atoms with Crippen molar-refractivity contribution in [1.29, 1.82) is 0 Å². The lowest BCUT2D eigenvalue weighted by Crippen LogP contribution is -2.46. The smallest absolute Gasteiger partial charge is 0.146 e. The van der Waals surface area contributed by atoms with Gasteiger partial charge in [-0.25, -0.2) is 4.98 Å². The van der Waals surface area contributed by atoms with Crippen molar-refractivity contribution < 1.29 is 0 Å². The average Bonchev–Trinajstić information content (AvgIpc) is 2.94. The first kappa shape index (κ1) is 15.4. The number of imidazole rings is 1. The SMILES string of the molecule is CCC(C)n1cnc(N2CCN(CCC(C)C)CC2)c1. The van der Waals surface area contributed by atoms with E-state index in [0.717, 1.165) is 31.2 Å². The third-order valence-electron chi connectivity index (χ3n) is 4.41. The summed E-state index contributed by atoms with van der Waals surface area (Å²) in [4.78, 5) is 9.59. The number of piperazine rings is 1. The van der Waals surface area contributed by atoms with E-state index in [9.17, 15) is 0 Å². The van der Waals surface area contributed by atoms with Crippen molar-refractivity contribution in [3.63, 3.8) is 0 Å². The minimum Gasteiger partial charge on any atom is -0.353 e. The van der Waals surface area contributed by atoms with Gasteiger partial charge in [-0.1, -0.05) is 20.8 Å². The third kappa shape index (κ3) is 3.98. The van der Waals surface area contributed by atoms with Gasteiger partial charge in [-0.2, -0.15) is 0 Å². The molecule has 1 aromatic rings. The summed E-state index contributed by atoms with van der Waals surface area (Å²) < 4.78 is 2.24. The Labute approximate surface area is 123 Å². The first-order valence-corrected chi connectivity index (χ1v) is 8.11. The van der Waals surface area contributed by atoms with Crippen LogP contribution in [0.25, 0.3) is 0 Å². The molecule has 114 valence electrons. The van der Waals surface area contributed by atoms with Gasteiger partial charge >= 0.3 is 0 Å². The Morgan fingerprint density at radius 3 is 2.45 bits per heavy atom. The van der Waals surface area contributed by atoms with Crippen molar-refractivity contribution >= 4 is 5.82 Å². The molecule has 2 heterocycles. The van der Waals surface area contributed by atoms with Crippen LogP contribution in [0.5, 0.6) is 0 Å². The molecule has 0 spiro atoms. The predicted octanol–water partition coefficient (Wildman–Crippen LogP) is 3.02. The third-order valence-corrected chi connectivity index (χ3v) is 4.41. The van der Waals surface area contributed by atoms with Crippen LogP contribution in [0.2, 0.25) is 0 Å². The molecule has 0 aliphatic carbocycles. The summed E-state index contributed by atoms with van der Waals surface area (Å²) in [5.74, 6) is 1.95. The van der Waals surface area contributed by atoms with Crippen LogP contribution < -0.4 is 4.90 Å². The van der Waals surface area contributed by atoms with Crippen molar-refractivity contribution in [2.75, 3.05) is 37.6 Å². The van der Waals surface area contributed by atoms with E-state index in [1.165, 1.54) is 26.1 Å². The van der Waals surface area contributed by atoms with Crippen molar-refractivity contribution in [3.8, 4) is 0 Å². The van der Waals surface area contributed by atoms with E-state index < -0.39 is 0 Å². The van der Waals surface area contributed by atoms with Crippen LogP contribution in [0.15, 0.2) is 12.5 Å².